The first-order chi connectivity index (χ1) is 9.28. The Labute approximate surface area is 116 Å². The lowest BCUT2D eigenvalue weighted by Gasteiger charge is -2.30. The molecule has 3 nitrogen and oxygen atoms in total. The van der Waals surface area contributed by atoms with E-state index >= 15 is 0 Å². The van der Waals surface area contributed by atoms with Gasteiger partial charge in [0.2, 0.25) is 0 Å². The average molecular weight is 263 g/mol. The van der Waals surface area contributed by atoms with Crippen LogP contribution in [0.25, 0.3) is 0 Å². The van der Waals surface area contributed by atoms with Crippen LogP contribution < -0.4 is 5.32 Å². The average Bonchev–Trinajstić information content (AvgIpc) is 2.46. The molecule has 1 aliphatic rings. The molecule has 0 aromatic heterocycles. The lowest BCUT2D eigenvalue weighted by atomic mass is 9.95. The van der Waals surface area contributed by atoms with Crippen molar-refractivity contribution >= 4 is 5.69 Å². The second-order valence-corrected chi connectivity index (χ2v) is 5.34. The molecular weight excluding hydrogens is 238 g/mol. The molecular formula is C16H25NO2. The molecule has 0 heterocycles. The summed E-state index contributed by atoms with van der Waals surface area (Å²) < 4.78 is 11.5. The van der Waals surface area contributed by atoms with E-state index in [1.165, 1.54) is 12.8 Å². The van der Waals surface area contributed by atoms with Gasteiger partial charge in [0.05, 0.1) is 18.3 Å². The summed E-state index contributed by atoms with van der Waals surface area (Å²) in [5.41, 5.74) is 1.15. The van der Waals surface area contributed by atoms with Gasteiger partial charge < -0.3 is 14.8 Å². The van der Waals surface area contributed by atoms with Gasteiger partial charge in [-0.25, -0.2) is 0 Å². The summed E-state index contributed by atoms with van der Waals surface area (Å²) in [4.78, 5) is 0. The molecule has 3 heteroatoms. The molecule has 106 valence electrons. The van der Waals surface area contributed by atoms with Gasteiger partial charge in [0, 0.05) is 19.3 Å². The number of benzene rings is 1. The molecule has 0 radical (unpaired) electrons. The Morgan fingerprint density at radius 2 is 1.95 bits per heavy atom. The molecule has 0 bridgehead atoms. The fourth-order valence-corrected chi connectivity index (χ4v) is 2.63. The van der Waals surface area contributed by atoms with Crippen LogP contribution in [0.5, 0.6) is 0 Å². The van der Waals surface area contributed by atoms with E-state index in [4.69, 9.17) is 9.47 Å². The van der Waals surface area contributed by atoms with Gasteiger partial charge in [0.1, 0.15) is 0 Å². The highest BCUT2D eigenvalue weighted by Gasteiger charge is 2.23. The number of para-hydroxylation sites is 1. The SMILES string of the molecule is COC1CCCC(OC(C)CNc2ccccc2)C1. The molecule has 3 atom stereocenters. The van der Waals surface area contributed by atoms with Crippen LogP contribution >= 0.6 is 0 Å². The van der Waals surface area contributed by atoms with Gasteiger partial charge in [0.15, 0.2) is 0 Å². The molecule has 1 saturated carbocycles. The third kappa shape index (κ3) is 4.84. The molecule has 0 saturated heterocycles. The molecule has 1 aromatic carbocycles. The van der Waals surface area contributed by atoms with Gasteiger partial charge in [0.25, 0.3) is 0 Å². The van der Waals surface area contributed by atoms with Gasteiger partial charge in [-0.15, -0.1) is 0 Å². The lowest BCUT2D eigenvalue weighted by Crippen LogP contribution is -2.32. The highest BCUT2D eigenvalue weighted by Crippen LogP contribution is 2.24. The minimum Gasteiger partial charge on any atom is -0.382 e. The Kier molecular flexibility index (Phi) is 5.67. The lowest BCUT2D eigenvalue weighted by molar-refractivity contribution is -0.0547. The molecule has 19 heavy (non-hydrogen) atoms. The predicted molar refractivity (Wildman–Crippen MR) is 78.5 cm³/mol. The second-order valence-electron chi connectivity index (χ2n) is 5.34. The van der Waals surface area contributed by atoms with Crippen LogP contribution in [-0.2, 0) is 9.47 Å². The van der Waals surface area contributed by atoms with E-state index < -0.39 is 0 Å². The summed E-state index contributed by atoms with van der Waals surface area (Å²) in [5, 5.41) is 3.40. The Morgan fingerprint density at radius 1 is 1.21 bits per heavy atom. The molecule has 0 aliphatic heterocycles. The molecule has 1 aliphatic carbocycles. The largest absolute Gasteiger partial charge is 0.382 e. The maximum absolute atomic E-state index is 6.10. The van der Waals surface area contributed by atoms with Crippen LogP contribution in [0.2, 0.25) is 0 Å². The van der Waals surface area contributed by atoms with Crippen molar-refractivity contribution in [3.63, 3.8) is 0 Å². The number of hydrogen-bond donors (Lipinski definition) is 1. The van der Waals surface area contributed by atoms with E-state index in [1.54, 1.807) is 7.11 Å². The highest BCUT2D eigenvalue weighted by molar-refractivity contribution is 5.42. The summed E-state index contributed by atoms with van der Waals surface area (Å²) in [7, 11) is 1.80. The van der Waals surface area contributed by atoms with E-state index in [0.717, 1.165) is 25.1 Å². The normalized spacial score (nSPS) is 24.9. The Morgan fingerprint density at radius 3 is 2.68 bits per heavy atom. The summed E-state index contributed by atoms with van der Waals surface area (Å²) in [5.74, 6) is 0. The fourth-order valence-electron chi connectivity index (χ4n) is 2.63. The van der Waals surface area contributed by atoms with Crippen LogP contribution in [0.3, 0.4) is 0 Å². The predicted octanol–water partition coefficient (Wildman–Crippen LogP) is 3.46. The molecule has 1 aromatic rings. The standard InChI is InChI=1S/C16H25NO2/c1-13(12-17-14-7-4-3-5-8-14)19-16-10-6-9-15(11-16)18-2/h3-5,7-8,13,15-17H,6,9-12H2,1-2H3. The smallest absolute Gasteiger partial charge is 0.0723 e. The van der Waals surface area contributed by atoms with Crippen LogP contribution in [0.1, 0.15) is 32.6 Å². The summed E-state index contributed by atoms with van der Waals surface area (Å²) in [6, 6.07) is 10.3. The monoisotopic (exact) mass is 263 g/mol. The number of ether oxygens (including phenoxy) is 2. The third-order valence-corrected chi connectivity index (χ3v) is 3.70. The Hall–Kier alpha value is -1.06. The van der Waals surface area contributed by atoms with Crippen molar-refractivity contribution in [2.24, 2.45) is 0 Å². The van der Waals surface area contributed by atoms with E-state index in [0.29, 0.717) is 12.2 Å². The molecule has 2 rings (SSSR count). The van der Waals surface area contributed by atoms with Crippen LogP contribution in [0, 0.1) is 0 Å². The van der Waals surface area contributed by atoms with Gasteiger partial charge >= 0.3 is 0 Å². The minimum atomic E-state index is 0.223. The fraction of sp³-hybridized carbons (Fsp3) is 0.625. The summed E-state index contributed by atoms with van der Waals surface area (Å²) >= 11 is 0. The van der Waals surface area contributed by atoms with Crippen molar-refractivity contribution in [3.05, 3.63) is 30.3 Å². The van der Waals surface area contributed by atoms with Gasteiger partial charge in [-0.1, -0.05) is 18.2 Å². The quantitative estimate of drug-likeness (QED) is 0.852. The van der Waals surface area contributed by atoms with E-state index in [2.05, 4.69) is 24.4 Å². The summed E-state index contributed by atoms with van der Waals surface area (Å²) in [6.07, 6.45) is 5.54. The van der Waals surface area contributed by atoms with Crippen molar-refractivity contribution in [2.75, 3.05) is 19.0 Å². The molecule has 0 spiro atoms. The van der Waals surface area contributed by atoms with Crippen molar-refractivity contribution in [2.45, 2.75) is 50.9 Å². The van der Waals surface area contributed by atoms with Crippen LogP contribution in [0.4, 0.5) is 5.69 Å². The van der Waals surface area contributed by atoms with Gasteiger partial charge in [-0.3, -0.25) is 0 Å². The van der Waals surface area contributed by atoms with Gasteiger partial charge in [-0.05, 0) is 44.7 Å². The first kappa shape index (κ1) is 14.4. The van der Waals surface area contributed by atoms with Crippen molar-refractivity contribution < 1.29 is 9.47 Å². The minimum absolute atomic E-state index is 0.223. The maximum atomic E-state index is 6.10. The molecule has 1 fully saturated rings. The van der Waals surface area contributed by atoms with E-state index in [1.807, 2.05) is 18.2 Å². The zero-order valence-corrected chi connectivity index (χ0v) is 12.0. The third-order valence-electron chi connectivity index (χ3n) is 3.70. The van der Waals surface area contributed by atoms with E-state index in [-0.39, 0.29) is 6.10 Å². The molecule has 3 unspecified atom stereocenters. The maximum Gasteiger partial charge on any atom is 0.0723 e. The Bertz CT molecular complexity index is 355. The number of rotatable bonds is 6. The zero-order valence-electron chi connectivity index (χ0n) is 12.0. The van der Waals surface area contributed by atoms with Crippen molar-refractivity contribution in [1.29, 1.82) is 0 Å². The van der Waals surface area contributed by atoms with Gasteiger partial charge in [-0.2, -0.15) is 0 Å². The van der Waals surface area contributed by atoms with Crippen molar-refractivity contribution in [3.8, 4) is 0 Å². The highest BCUT2D eigenvalue weighted by atomic mass is 16.5. The molecule has 1 N–H and O–H groups in total. The Balaban J connectivity index is 1.70. The number of hydrogen-bond acceptors (Lipinski definition) is 3. The topological polar surface area (TPSA) is 30.5 Å². The van der Waals surface area contributed by atoms with Crippen LogP contribution in [0.15, 0.2) is 30.3 Å². The summed E-state index contributed by atoms with van der Waals surface area (Å²) in [6.45, 7) is 2.98. The first-order valence-electron chi connectivity index (χ1n) is 7.25. The molecule has 0 amide bonds. The van der Waals surface area contributed by atoms with Crippen LogP contribution in [-0.4, -0.2) is 32.0 Å². The van der Waals surface area contributed by atoms with E-state index in [9.17, 15) is 0 Å². The van der Waals surface area contributed by atoms with Crippen molar-refractivity contribution in [1.82, 2.24) is 0 Å². The first-order valence-corrected chi connectivity index (χ1v) is 7.25. The number of methoxy groups -OCH3 is 1. The zero-order chi connectivity index (χ0) is 13.5. The second kappa shape index (κ2) is 7.51. The number of anilines is 1. The number of nitrogens with one attached hydrogen (secondary N) is 1.